The molecule has 0 bridgehead atoms. The molecule has 2 aromatic carbocycles. The number of esters is 1. The summed E-state index contributed by atoms with van der Waals surface area (Å²) in [5.74, 6) is -0.0991. The van der Waals surface area contributed by atoms with Crippen molar-refractivity contribution in [1.82, 2.24) is 0 Å². The van der Waals surface area contributed by atoms with Gasteiger partial charge in [0.25, 0.3) is 0 Å². The average molecular weight is 338 g/mol. The number of carbonyl (C=O) groups is 1. The van der Waals surface area contributed by atoms with Crippen LogP contribution in [0.3, 0.4) is 0 Å². The van der Waals surface area contributed by atoms with Crippen molar-refractivity contribution in [2.45, 2.75) is 13.8 Å². The molecule has 1 aromatic heterocycles. The number of benzene rings is 2. The minimum Gasteiger partial charge on any atom is -0.490 e. The normalized spacial score (nSPS) is 10.6. The van der Waals surface area contributed by atoms with Gasteiger partial charge in [-0.2, -0.15) is 0 Å². The number of rotatable bonds is 5. The highest BCUT2D eigenvalue weighted by atomic mass is 16.6. The molecule has 0 atom stereocenters. The molecular formula is C20H18O5. The van der Waals surface area contributed by atoms with Gasteiger partial charge in [-0.25, -0.2) is 4.79 Å². The van der Waals surface area contributed by atoms with E-state index >= 15 is 0 Å². The Kier molecular flexibility index (Phi) is 4.84. The van der Waals surface area contributed by atoms with Crippen molar-refractivity contribution in [1.29, 1.82) is 0 Å². The molecule has 0 N–H and O–H groups in total. The molecule has 0 spiro atoms. The van der Waals surface area contributed by atoms with Gasteiger partial charge in [0.1, 0.15) is 24.5 Å². The van der Waals surface area contributed by atoms with Crippen molar-refractivity contribution in [3.63, 3.8) is 0 Å². The van der Waals surface area contributed by atoms with E-state index in [0.29, 0.717) is 16.7 Å². The second kappa shape index (κ2) is 7.21. The molecule has 5 heteroatoms. The van der Waals surface area contributed by atoms with Gasteiger partial charge >= 0.3 is 5.97 Å². The SMILES string of the molecule is Cc1ccc(OCCOC(=O)c2cc(=O)c3cc(C)ccc3o2)cc1. The van der Waals surface area contributed by atoms with E-state index in [1.54, 1.807) is 12.1 Å². The average Bonchev–Trinajstić information content (AvgIpc) is 2.60. The van der Waals surface area contributed by atoms with E-state index in [4.69, 9.17) is 13.9 Å². The molecule has 0 aliphatic rings. The molecule has 0 fully saturated rings. The molecule has 128 valence electrons. The van der Waals surface area contributed by atoms with Crippen molar-refractivity contribution in [3.8, 4) is 5.75 Å². The topological polar surface area (TPSA) is 65.7 Å². The summed E-state index contributed by atoms with van der Waals surface area (Å²) in [5, 5.41) is 0.444. The zero-order valence-corrected chi connectivity index (χ0v) is 14.1. The van der Waals surface area contributed by atoms with Gasteiger partial charge in [0.05, 0.1) is 5.39 Å². The molecule has 1 heterocycles. The van der Waals surface area contributed by atoms with Crippen LogP contribution >= 0.6 is 0 Å². The zero-order chi connectivity index (χ0) is 17.8. The maximum absolute atomic E-state index is 12.1. The molecular weight excluding hydrogens is 320 g/mol. The number of aryl methyl sites for hydroxylation is 2. The van der Waals surface area contributed by atoms with Gasteiger partial charge in [-0.15, -0.1) is 0 Å². The fourth-order valence-corrected chi connectivity index (χ4v) is 2.37. The molecule has 5 nitrogen and oxygen atoms in total. The van der Waals surface area contributed by atoms with E-state index in [9.17, 15) is 9.59 Å². The number of carbonyl (C=O) groups excluding carboxylic acids is 1. The molecule has 0 aliphatic carbocycles. The van der Waals surface area contributed by atoms with Crippen molar-refractivity contribution in [2.75, 3.05) is 13.2 Å². The summed E-state index contributed by atoms with van der Waals surface area (Å²) < 4.78 is 16.1. The van der Waals surface area contributed by atoms with Crippen molar-refractivity contribution in [3.05, 3.63) is 75.6 Å². The number of ether oxygens (including phenoxy) is 2. The lowest BCUT2D eigenvalue weighted by atomic mass is 10.1. The van der Waals surface area contributed by atoms with Crippen LogP contribution in [0.2, 0.25) is 0 Å². The Labute approximate surface area is 144 Å². The molecule has 3 rings (SSSR count). The van der Waals surface area contributed by atoms with Crippen LogP contribution in [0.25, 0.3) is 11.0 Å². The fraction of sp³-hybridized carbons (Fsp3) is 0.200. The summed E-state index contributed by atoms with van der Waals surface area (Å²) >= 11 is 0. The lowest BCUT2D eigenvalue weighted by Gasteiger charge is -2.07. The molecule has 0 amide bonds. The second-order valence-corrected chi connectivity index (χ2v) is 5.77. The number of hydrogen-bond acceptors (Lipinski definition) is 5. The largest absolute Gasteiger partial charge is 0.490 e. The highest BCUT2D eigenvalue weighted by Gasteiger charge is 2.14. The standard InChI is InChI=1S/C20H18O5/c1-13-3-6-15(7-4-13)23-9-10-24-20(22)19-12-17(21)16-11-14(2)5-8-18(16)25-19/h3-8,11-12H,9-10H2,1-2H3. The van der Waals surface area contributed by atoms with E-state index in [1.807, 2.05) is 44.2 Å². The first-order valence-corrected chi connectivity index (χ1v) is 7.94. The number of fused-ring (bicyclic) bond motifs is 1. The van der Waals surface area contributed by atoms with Crippen LogP contribution in [0, 0.1) is 13.8 Å². The van der Waals surface area contributed by atoms with Crippen molar-refractivity contribution >= 4 is 16.9 Å². The summed E-state index contributed by atoms with van der Waals surface area (Å²) in [6.07, 6.45) is 0. The molecule has 0 radical (unpaired) electrons. The maximum Gasteiger partial charge on any atom is 0.374 e. The van der Waals surface area contributed by atoms with Crippen molar-refractivity contribution in [2.24, 2.45) is 0 Å². The number of hydrogen-bond donors (Lipinski definition) is 0. The maximum atomic E-state index is 12.1. The third-order valence-corrected chi connectivity index (χ3v) is 3.69. The van der Waals surface area contributed by atoms with Gasteiger partial charge in [0.2, 0.25) is 5.76 Å². The second-order valence-electron chi connectivity index (χ2n) is 5.77. The minimum atomic E-state index is -0.688. The van der Waals surface area contributed by atoms with Crippen LogP contribution in [-0.4, -0.2) is 19.2 Å². The first-order valence-electron chi connectivity index (χ1n) is 7.94. The molecule has 0 aliphatic heterocycles. The minimum absolute atomic E-state index is 0.0579. The summed E-state index contributed by atoms with van der Waals surface area (Å²) in [7, 11) is 0. The third-order valence-electron chi connectivity index (χ3n) is 3.69. The lowest BCUT2D eigenvalue weighted by Crippen LogP contribution is -2.14. The molecule has 0 saturated carbocycles. The zero-order valence-electron chi connectivity index (χ0n) is 14.1. The Bertz CT molecular complexity index is 954. The van der Waals surface area contributed by atoms with Crippen LogP contribution < -0.4 is 10.2 Å². The summed E-state index contributed by atoms with van der Waals surface area (Å²) in [6, 6.07) is 13.9. The van der Waals surface area contributed by atoms with Gasteiger partial charge < -0.3 is 13.9 Å². The van der Waals surface area contributed by atoms with E-state index in [1.165, 1.54) is 0 Å². The van der Waals surface area contributed by atoms with Crippen LogP contribution in [0.4, 0.5) is 0 Å². The monoisotopic (exact) mass is 338 g/mol. The first kappa shape index (κ1) is 16.8. The van der Waals surface area contributed by atoms with E-state index in [-0.39, 0.29) is 24.4 Å². The molecule has 0 unspecified atom stereocenters. The van der Waals surface area contributed by atoms with Crippen LogP contribution in [0.1, 0.15) is 21.7 Å². The molecule has 25 heavy (non-hydrogen) atoms. The summed E-state index contributed by atoms with van der Waals surface area (Å²) in [4.78, 5) is 24.2. The summed E-state index contributed by atoms with van der Waals surface area (Å²) in [6.45, 7) is 4.15. The first-order chi connectivity index (χ1) is 12.0. The fourth-order valence-electron chi connectivity index (χ4n) is 2.37. The Morgan fingerprint density at radius 2 is 1.68 bits per heavy atom. The highest BCUT2D eigenvalue weighted by molar-refractivity contribution is 5.89. The highest BCUT2D eigenvalue weighted by Crippen LogP contribution is 2.15. The van der Waals surface area contributed by atoms with Crippen LogP contribution in [-0.2, 0) is 4.74 Å². The Balaban J connectivity index is 1.61. The van der Waals surface area contributed by atoms with E-state index in [2.05, 4.69) is 0 Å². The van der Waals surface area contributed by atoms with Crippen LogP contribution in [0.15, 0.2) is 57.7 Å². The van der Waals surface area contributed by atoms with Gasteiger partial charge in [-0.05, 0) is 38.1 Å². The lowest BCUT2D eigenvalue weighted by molar-refractivity contribution is 0.0415. The van der Waals surface area contributed by atoms with E-state index < -0.39 is 5.97 Å². The Morgan fingerprint density at radius 1 is 0.960 bits per heavy atom. The van der Waals surface area contributed by atoms with Gasteiger partial charge in [0.15, 0.2) is 5.43 Å². The quantitative estimate of drug-likeness (QED) is 0.525. The van der Waals surface area contributed by atoms with Gasteiger partial charge in [-0.3, -0.25) is 4.79 Å². The van der Waals surface area contributed by atoms with Crippen LogP contribution in [0.5, 0.6) is 5.75 Å². The van der Waals surface area contributed by atoms with Crippen molar-refractivity contribution < 1.29 is 18.7 Å². The van der Waals surface area contributed by atoms with E-state index in [0.717, 1.165) is 17.2 Å². The predicted molar refractivity (Wildman–Crippen MR) is 94.2 cm³/mol. The predicted octanol–water partition coefficient (Wildman–Crippen LogP) is 3.65. The smallest absolute Gasteiger partial charge is 0.374 e. The third kappa shape index (κ3) is 4.07. The van der Waals surface area contributed by atoms with Gasteiger partial charge in [0, 0.05) is 6.07 Å². The Morgan fingerprint density at radius 3 is 2.44 bits per heavy atom. The Hall–Kier alpha value is -3.08. The van der Waals surface area contributed by atoms with Gasteiger partial charge in [-0.1, -0.05) is 29.3 Å². The molecule has 0 saturated heterocycles. The summed E-state index contributed by atoms with van der Waals surface area (Å²) in [5.41, 5.74) is 2.18. The molecule has 3 aromatic rings.